The first-order valence-corrected chi connectivity index (χ1v) is 4.80. The Bertz CT molecular complexity index is 218. The van der Waals surface area contributed by atoms with Crippen molar-refractivity contribution in [3.8, 4) is 0 Å². The summed E-state index contributed by atoms with van der Waals surface area (Å²) in [6.07, 6.45) is 0.625. The summed E-state index contributed by atoms with van der Waals surface area (Å²) in [6, 6.07) is 0. The van der Waals surface area contributed by atoms with E-state index in [0.29, 0.717) is 13.1 Å². The number of carbonyl (C=O) groups is 1. The van der Waals surface area contributed by atoms with Crippen molar-refractivity contribution in [2.24, 2.45) is 5.41 Å². The Morgan fingerprint density at radius 1 is 1.62 bits per heavy atom. The Morgan fingerprint density at radius 2 is 2.31 bits per heavy atom. The van der Waals surface area contributed by atoms with E-state index in [1.54, 1.807) is 4.90 Å². The third kappa shape index (κ3) is 1.44. The lowest BCUT2D eigenvalue weighted by atomic mass is 9.87. The topological polar surface area (TPSA) is 52.6 Å². The van der Waals surface area contributed by atoms with Gasteiger partial charge in [-0.3, -0.25) is 4.79 Å². The maximum atomic E-state index is 11.9. The summed E-state index contributed by atoms with van der Waals surface area (Å²) in [6.45, 7) is 4.75. The highest BCUT2D eigenvalue weighted by Gasteiger charge is 2.42. The molecule has 0 aromatic heterocycles. The summed E-state index contributed by atoms with van der Waals surface area (Å²) in [5.74, 6) is 0.197. The van der Waals surface area contributed by atoms with Crippen LogP contribution in [0, 0.1) is 5.41 Å². The molecule has 1 atom stereocenters. The molecule has 2 rings (SSSR count). The third-order valence-electron chi connectivity index (χ3n) is 3.03. The van der Waals surface area contributed by atoms with Gasteiger partial charge in [0.15, 0.2) is 0 Å². The van der Waals surface area contributed by atoms with Crippen LogP contribution >= 0.6 is 0 Å². The van der Waals surface area contributed by atoms with Crippen LogP contribution in [0.2, 0.25) is 0 Å². The standard InChI is InChI=1S/C9H16N2O2/c1-9(2-3-10-6-9)8(13)11-4-7(12)5-11/h7,10,12H,2-6H2,1H3. The highest BCUT2D eigenvalue weighted by molar-refractivity contribution is 5.83. The van der Waals surface area contributed by atoms with Crippen LogP contribution in [0.5, 0.6) is 0 Å². The highest BCUT2D eigenvalue weighted by Crippen LogP contribution is 2.29. The van der Waals surface area contributed by atoms with Crippen LogP contribution in [0.4, 0.5) is 0 Å². The van der Waals surface area contributed by atoms with Crippen LogP contribution in [0.15, 0.2) is 0 Å². The van der Waals surface area contributed by atoms with E-state index in [0.717, 1.165) is 19.5 Å². The van der Waals surface area contributed by atoms with Gasteiger partial charge in [0.2, 0.25) is 5.91 Å². The lowest BCUT2D eigenvalue weighted by molar-refractivity contribution is -0.150. The molecule has 74 valence electrons. The van der Waals surface area contributed by atoms with E-state index >= 15 is 0 Å². The lowest BCUT2D eigenvalue weighted by Crippen LogP contribution is -2.57. The summed E-state index contributed by atoms with van der Waals surface area (Å²) in [7, 11) is 0. The molecule has 0 spiro atoms. The molecule has 0 aromatic rings. The average molecular weight is 184 g/mol. The first-order chi connectivity index (χ1) is 6.12. The van der Waals surface area contributed by atoms with E-state index in [1.807, 2.05) is 6.92 Å². The van der Waals surface area contributed by atoms with Gasteiger partial charge >= 0.3 is 0 Å². The molecule has 2 aliphatic rings. The van der Waals surface area contributed by atoms with Crippen molar-refractivity contribution in [1.82, 2.24) is 10.2 Å². The number of likely N-dealkylation sites (tertiary alicyclic amines) is 1. The quantitative estimate of drug-likeness (QED) is 0.560. The fraction of sp³-hybridized carbons (Fsp3) is 0.889. The SMILES string of the molecule is CC1(C(=O)N2CC(O)C2)CCNC1. The molecule has 2 heterocycles. The van der Waals surface area contributed by atoms with Crippen LogP contribution < -0.4 is 5.32 Å². The van der Waals surface area contributed by atoms with Gasteiger partial charge in [0.1, 0.15) is 0 Å². The average Bonchev–Trinajstić information content (AvgIpc) is 2.46. The molecule has 0 bridgehead atoms. The molecule has 2 N–H and O–H groups in total. The van der Waals surface area contributed by atoms with Gasteiger partial charge in [0.05, 0.1) is 11.5 Å². The molecular formula is C9H16N2O2. The zero-order chi connectivity index (χ0) is 9.47. The molecule has 4 heteroatoms. The summed E-state index contributed by atoms with van der Waals surface area (Å²) in [4.78, 5) is 13.6. The molecular weight excluding hydrogens is 168 g/mol. The Morgan fingerprint density at radius 3 is 2.77 bits per heavy atom. The maximum absolute atomic E-state index is 11.9. The molecule has 1 amide bonds. The second-order valence-electron chi connectivity index (χ2n) is 4.35. The van der Waals surface area contributed by atoms with E-state index < -0.39 is 0 Å². The van der Waals surface area contributed by atoms with Crippen LogP contribution in [-0.4, -0.2) is 48.2 Å². The second kappa shape index (κ2) is 2.96. The van der Waals surface area contributed by atoms with Gasteiger partial charge in [-0.15, -0.1) is 0 Å². The number of aliphatic hydroxyl groups excluding tert-OH is 1. The van der Waals surface area contributed by atoms with Gasteiger partial charge in [0, 0.05) is 19.6 Å². The number of nitrogens with zero attached hydrogens (tertiary/aromatic N) is 1. The highest BCUT2D eigenvalue weighted by atomic mass is 16.3. The van der Waals surface area contributed by atoms with Crippen LogP contribution in [-0.2, 0) is 4.79 Å². The largest absolute Gasteiger partial charge is 0.389 e. The van der Waals surface area contributed by atoms with E-state index in [9.17, 15) is 4.79 Å². The summed E-state index contributed by atoms with van der Waals surface area (Å²) in [5.41, 5.74) is -0.222. The van der Waals surface area contributed by atoms with Crippen molar-refractivity contribution >= 4 is 5.91 Å². The Hall–Kier alpha value is -0.610. The van der Waals surface area contributed by atoms with Crippen molar-refractivity contribution < 1.29 is 9.90 Å². The second-order valence-corrected chi connectivity index (χ2v) is 4.35. The first-order valence-electron chi connectivity index (χ1n) is 4.80. The number of aliphatic hydroxyl groups is 1. The third-order valence-corrected chi connectivity index (χ3v) is 3.03. The molecule has 0 aromatic carbocycles. The molecule has 13 heavy (non-hydrogen) atoms. The smallest absolute Gasteiger partial charge is 0.230 e. The zero-order valence-corrected chi connectivity index (χ0v) is 7.92. The predicted molar refractivity (Wildman–Crippen MR) is 48.2 cm³/mol. The van der Waals surface area contributed by atoms with Gasteiger partial charge in [-0.1, -0.05) is 0 Å². The normalized spacial score (nSPS) is 34.8. The van der Waals surface area contributed by atoms with Crippen LogP contribution in [0.1, 0.15) is 13.3 Å². The number of amides is 1. The van der Waals surface area contributed by atoms with Gasteiger partial charge in [-0.05, 0) is 19.9 Å². The number of rotatable bonds is 1. The molecule has 0 radical (unpaired) electrons. The van der Waals surface area contributed by atoms with Gasteiger partial charge in [-0.25, -0.2) is 0 Å². The molecule has 1 unspecified atom stereocenters. The number of β-amino-alcohol motifs (C(OH)–C–C–N with tert-alkyl or cyclic N) is 1. The van der Waals surface area contributed by atoms with Crippen molar-refractivity contribution in [3.63, 3.8) is 0 Å². The Balaban J connectivity index is 1.96. The summed E-state index contributed by atoms with van der Waals surface area (Å²) >= 11 is 0. The van der Waals surface area contributed by atoms with E-state index in [-0.39, 0.29) is 17.4 Å². The minimum Gasteiger partial charge on any atom is -0.389 e. The van der Waals surface area contributed by atoms with Crippen molar-refractivity contribution in [2.75, 3.05) is 26.2 Å². The van der Waals surface area contributed by atoms with E-state index in [4.69, 9.17) is 5.11 Å². The number of hydrogen-bond donors (Lipinski definition) is 2. The minimum absolute atomic E-state index is 0.197. The van der Waals surface area contributed by atoms with Gasteiger partial charge in [-0.2, -0.15) is 0 Å². The lowest BCUT2D eigenvalue weighted by Gasteiger charge is -2.40. The first kappa shape index (κ1) is 8.97. The molecule has 2 saturated heterocycles. The summed E-state index contributed by atoms with van der Waals surface area (Å²) < 4.78 is 0. The molecule has 2 fully saturated rings. The number of hydrogen-bond acceptors (Lipinski definition) is 3. The molecule has 0 aliphatic carbocycles. The van der Waals surface area contributed by atoms with Crippen LogP contribution in [0.3, 0.4) is 0 Å². The Labute approximate surface area is 77.9 Å². The fourth-order valence-corrected chi connectivity index (χ4v) is 2.00. The van der Waals surface area contributed by atoms with Crippen molar-refractivity contribution in [2.45, 2.75) is 19.4 Å². The maximum Gasteiger partial charge on any atom is 0.230 e. The van der Waals surface area contributed by atoms with Gasteiger partial charge < -0.3 is 15.3 Å². The zero-order valence-electron chi connectivity index (χ0n) is 7.92. The Kier molecular flexibility index (Phi) is 2.04. The van der Waals surface area contributed by atoms with Crippen LogP contribution in [0.25, 0.3) is 0 Å². The van der Waals surface area contributed by atoms with Crippen molar-refractivity contribution in [1.29, 1.82) is 0 Å². The van der Waals surface area contributed by atoms with E-state index in [2.05, 4.69) is 5.32 Å². The fourth-order valence-electron chi connectivity index (χ4n) is 2.00. The number of carbonyl (C=O) groups excluding carboxylic acids is 1. The van der Waals surface area contributed by atoms with Gasteiger partial charge in [0.25, 0.3) is 0 Å². The van der Waals surface area contributed by atoms with Crippen molar-refractivity contribution in [3.05, 3.63) is 0 Å². The predicted octanol–water partition coefficient (Wildman–Crippen LogP) is -0.811. The molecule has 4 nitrogen and oxygen atoms in total. The minimum atomic E-state index is -0.290. The molecule has 2 aliphatic heterocycles. The monoisotopic (exact) mass is 184 g/mol. The summed E-state index contributed by atoms with van der Waals surface area (Å²) in [5, 5.41) is 12.3. The molecule has 0 saturated carbocycles. The van der Waals surface area contributed by atoms with E-state index in [1.165, 1.54) is 0 Å². The number of nitrogens with one attached hydrogen (secondary N) is 1.